The smallest absolute Gasteiger partial charge is 0.180 e. The highest BCUT2D eigenvalue weighted by Crippen LogP contribution is 2.17. The van der Waals surface area contributed by atoms with E-state index in [1.165, 1.54) is 4.88 Å². The number of nitrogens with two attached hydrogens (primary N) is 1. The van der Waals surface area contributed by atoms with Crippen LogP contribution in [0.5, 0.6) is 0 Å². The maximum Gasteiger partial charge on any atom is 0.180 e. The van der Waals surface area contributed by atoms with Crippen molar-refractivity contribution < 1.29 is 5.11 Å². The molecule has 0 amide bonds. The van der Waals surface area contributed by atoms with Crippen LogP contribution in [0.1, 0.15) is 4.88 Å². The number of hydrogen-bond acceptors (Lipinski definition) is 6. The van der Waals surface area contributed by atoms with E-state index in [-0.39, 0.29) is 19.0 Å². The number of aliphatic hydroxyl groups excluding tert-OH is 1. The first-order valence-corrected chi connectivity index (χ1v) is 6.35. The third-order valence-corrected chi connectivity index (χ3v) is 3.64. The summed E-state index contributed by atoms with van der Waals surface area (Å²) in [5.41, 5.74) is 5.60. The molecule has 17 heavy (non-hydrogen) atoms. The molecule has 2 heterocycles. The van der Waals surface area contributed by atoms with Crippen LogP contribution >= 0.6 is 23.7 Å². The van der Waals surface area contributed by atoms with Gasteiger partial charge in [-0.2, -0.15) is 0 Å². The van der Waals surface area contributed by atoms with E-state index in [1.54, 1.807) is 11.3 Å². The van der Waals surface area contributed by atoms with Gasteiger partial charge in [-0.1, -0.05) is 0 Å². The number of rotatable bonds is 4. The van der Waals surface area contributed by atoms with Gasteiger partial charge in [-0.3, -0.25) is 9.80 Å². The lowest BCUT2D eigenvalue weighted by Crippen LogP contribution is -2.46. The number of β-amino-alcohol motifs (C(OH)–C–C–N with tert-alkyl or cyclic N) is 1. The first-order valence-electron chi connectivity index (χ1n) is 5.53. The van der Waals surface area contributed by atoms with Crippen LogP contribution < -0.4 is 5.73 Å². The lowest BCUT2D eigenvalue weighted by molar-refractivity contribution is 0.109. The molecule has 1 aromatic heterocycles. The third kappa shape index (κ3) is 4.40. The lowest BCUT2D eigenvalue weighted by Gasteiger charge is -2.33. The summed E-state index contributed by atoms with van der Waals surface area (Å²) >= 11 is 1.56. The molecule has 0 spiro atoms. The standard InChI is InChI=1S/C10H18N4OS.ClH/c11-10-12-7-9(16-10)8-14-3-1-13(2-4-14)5-6-15;/h7,15H,1-6,8H2,(H2,11,12);1H. The van der Waals surface area contributed by atoms with Crippen LogP contribution in [0.2, 0.25) is 0 Å². The Morgan fingerprint density at radius 2 is 1.94 bits per heavy atom. The normalized spacial score (nSPS) is 17.9. The Morgan fingerprint density at radius 3 is 2.47 bits per heavy atom. The Morgan fingerprint density at radius 1 is 1.29 bits per heavy atom. The first-order chi connectivity index (χ1) is 7.78. The summed E-state index contributed by atoms with van der Waals surface area (Å²) < 4.78 is 0. The van der Waals surface area contributed by atoms with E-state index >= 15 is 0 Å². The predicted molar refractivity (Wildman–Crippen MR) is 72.6 cm³/mol. The summed E-state index contributed by atoms with van der Waals surface area (Å²) in [6.45, 7) is 6.17. The van der Waals surface area contributed by atoms with Gasteiger partial charge in [0.05, 0.1) is 6.61 Å². The lowest BCUT2D eigenvalue weighted by atomic mass is 10.3. The van der Waals surface area contributed by atoms with Crippen LogP contribution in [-0.2, 0) is 6.54 Å². The van der Waals surface area contributed by atoms with Gasteiger partial charge in [-0.25, -0.2) is 4.98 Å². The number of aromatic nitrogens is 1. The van der Waals surface area contributed by atoms with Crippen molar-refractivity contribution in [2.24, 2.45) is 0 Å². The summed E-state index contributed by atoms with van der Waals surface area (Å²) in [4.78, 5) is 9.98. The van der Waals surface area contributed by atoms with E-state index in [4.69, 9.17) is 10.8 Å². The molecule has 0 radical (unpaired) electrons. The van der Waals surface area contributed by atoms with Crippen molar-refractivity contribution in [2.75, 3.05) is 45.1 Å². The molecule has 1 aliphatic rings. The highest BCUT2D eigenvalue weighted by molar-refractivity contribution is 7.15. The number of piperazine rings is 1. The summed E-state index contributed by atoms with van der Waals surface area (Å²) in [5, 5.41) is 9.49. The van der Waals surface area contributed by atoms with Gasteiger partial charge in [-0.15, -0.1) is 23.7 Å². The van der Waals surface area contributed by atoms with Crippen LogP contribution in [-0.4, -0.2) is 59.2 Å². The van der Waals surface area contributed by atoms with Crippen molar-refractivity contribution >= 4 is 28.9 Å². The fourth-order valence-corrected chi connectivity index (χ4v) is 2.66. The van der Waals surface area contributed by atoms with E-state index < -0.39 is 0 Å². The zero-order chi connectivity index (χ0) is 11.4. The Bertz CT molecular complexity index is 328. The van der Waals surface area contributed by atoms with Crippen LogP contribution in [0.25, 0.3) is 0 Å². The average Bonchev–Trinajstić information content (AvgIpc) is 2.67. The predicted octanol–water partition coefficient (Wildman–Crippen LogP) is 0.257. The Kier molecular flexibility index (Phi) is 6.15. The molecule has 0 atom stereocenters. The van der Waals surface area contributed by atoms with Gasteiger partial charge in [-0.05, 0) is 0 Å². The highest BCUT2D eigenvalue weighted by atomic mass is 35.5. The maximum atomic E-state index is 8.85. The van der Waals surface area contributed by atoms with E-state index in [1.807, 2.05) is 6.20 Å². The molecular formula is C10H19ClN4OS. The van der Waals surface area contributed by atoms with Crippen LogP contribution in [0.15, 0.2) is 6.20 Å². The third-order valence-electron chi connectivity index (χ3n) is 2.83. The number of aliphatic hydroxyl groups is 1. The van der Waals surface area contributed by atoms with Gasteiger partial charge in [0.2, 0.25) is 0 Å². The number of thiazole rings is 1. The molecule has 7 heteroatoms. The van der Waals surface area contributed by atoms with Crippen LogP contribution in [0.3, 0.4) is 0 Å². The largest absolute Gasteiger partial charge is 0.395 e. The van der Waals surface area contributed by atoms with Crippen molar-refractivity contribution in [1.29, 1.82) is 0 Å². The average molecular weight is 279 g/mol. The summed E-state index contributed by atoms with van der Waals surface area (Å²) in [6, 6.07) is 0. The molecule has 5 nitrogen and oxygen atoms in total. The van der Waals surface area contributed by atoms with E-state index in [9.17, 15) is 0 Å². The van der Waals surface area contributed by atoms with Gasteiger partial charge in [0.25, 0.3) is 0 Å². The Hall–Kier alpha value is -0.400. The first kappa shape index (κ1) is 14.7. The fourth-order valence-electron chi connectivity index (χ4n) is 1.93. The number of nitrogens with zero attached hydrogens (tertiary/aromatic N) is 3. The maximum absolute atomic E-state index is 8.85. The van der Waals surface area contributed by atoms with Gasteiger partial charge >= 0.3 is 0 Å². The molecule has 1 fully saturated rings. The van der Waals surface area contributed by atoms with Crippen molar-refractivity contribution in [3.05, 3.63) is 11.1 Å². The minimum absolute atomic E-state index is 0. The van der Waals surface area contributed by atoms with Crippen LogP contribution in [0.4, 0.5) is 5.13 Å². The Balaban J connectivity index is 0.00000144. The molecule has 1 aliphatic heterocycles. The zero-order valence-corrected chi connectivity index (χ0v) is 11.3. The molecule has 0 unspecified atom stereocenters. The Labute approximate surface area is 112 Å². The SMILES string of the molecule is Cl.Nc1ncc(CN2CCN(CCO)CC2)s1. The molecule has 0 saturated carbocycles. The quantitative estimate of drug-likeness (QED) is 0.827. The molecule has 98 valence electrons. The van der Waals surface area contributed by atoms with Crippen molar-refractivity contribution in [3.63, 3.8) is 0 Å². The molecule has 0 aliphatic carbocycles. The summed E-state index contributed by atoms with van der Waals surface area (Å²) in [5.74, 6) is 0. The number of halogens is 1. The second kappa shape index (κ2) is 7.13. The monoisotopic (exact) mass is 278 g/mol. The summed E-state index contributed by atoms with van der Waals surface area (Å²) in [7, 11) is 0. The van der Waals surface area contributed by atoms with E-state index in [0.29, 0.717) is 5.13 Å². The minimum Gasteiger partial charge on any atom is -0.395 e. The number of hydrogen-bond donors (Lipinski definition) is 2. The zero-order valence-electron chi connectivity index (χ0n) is 9.71. The minimum atomic E-state index is 0. The summed E-state index contributed by atoms with van der Waals surface area (Å²) in [6.07, 6.45) is 1.86. The van der Waals surface area contributed by atoms with Gasteiger partial charge in [0, 0.05) is 50.3 Å². The van der Waals surface area contributed by atoms with E-state index in [0.717, 1.165) is 39.3 Å². The fraction of sp³-hybridized carbons (Fsp3) is 0.700. The molecule has 1 saturated heterocycles. The molecule has 3 N–H and O–H groups in total. The van der Waals surface area contributed by atoms with Crippen molar-refractivity contribution in [3.8, 4) is 0 Å². The number of anilines is 1. The molecule has 0 bridgehead atoms. The second-order valence-electron chi connectivity index (χ2n) is 4.01. The second-order valence-corrected chi connectivity index (χ2v) is 5.15. The molecule has 0 aromatic carbocycles. The van der Waals surface area contributed by atoms with E-state index in [2.05, 4.69) is 14.8 Å². The molecular weight excluding hydrogens is 260 g/mol. The molecule has 2 rings (SSSR count). The number of nitrogen functional groups attached to an aromatic ring is 1. The molecule has 1 aromatic rings. The van der Waals surface area contributed by atoms with Gasteiger partial charge in [0.15, 0.2) is 5.13 Å². The van der Waals surface area contributed by atoms with Gasteiger partial charge in [0.1, 0.15) is 0 Å². The van der Waals surface area contributed by atoms with Crippen LogP contribution in [0, 0.1) is 0 Å². The highest BCUT2D eigenvalue weighted by Gasteiger charge is 2.16. The van der Waals surface area contributed by atoms with Gasteiger partial charge < -0.3 is 10.8 Å². The van der Waals surface area contributed by atoms with Crippen molar-refractivity contribution in [1.82, 2.24) is 14.8 Å². The topological polar surface area (TPSA) is 65.6 Å². The van der Waals surface area contributed by atoms with Crippen molar-refractivity contribution in [2.45, 2.75) is 6.54 Å².